The van der Waals surface area contributed by atoms with Gasteiger partial charge in [-0.05, 0) is 75.1 Å². The quantitative estimate of drug-likeness (QED) is 0.451. The molecule has 0 aliphatic carbocycles. The first kappa shape index (κ1) is 23.0. The lowest BCUT2D eigenvalue weighted by Gasteiger charge is -2.18. The third-order valence-corrected chi connectivity index (χ3v) is 5.89. The van der Waals surface area contributed by atoms with Gasteiger partial charge in [-0.15, -0.1) is 0 Å². The standard InChI is InChI=1S/C26H30FN3O3/c1-18(2)33-17-5-16-30-25(31)23(19-6-8-20(27)9-7-19)24(26(30)32)28-21-10-12-22(13-11-21)29-14-3-4-15-29/h6-13,18,28H,3-5,14-17H2,1-2H3. The van der Waals surface area contributed by atoms with E-state index < -0.39 is 5.82 Å². The Labute approximate surface area is 194 Å². The highest BCUT2D eigenvalue weighted by Crippen LogP contribution is 2.31. The average molecular weight is 452 g/mol. The van der Waals surface area contributed by atoms with Gasteiger partial charge in [0.15, 0.2) is 0 Å². The van der Waals surface area contributed by atoms with Gasteiger partial charge in [0.2, 0.25) is 0 Å². The molecule has 4 rings (SSSR count). The van der Waals surface area contributed by atoms with Crippen LogP contribution in [0.2, 0.25) is 0 Å². The molecule has 2 aliphatic heterocycles. The minimum Gasteiger partial charge on any atom is -0.379 e. The van der Waals surface area contributed by atoms with Crippen LogP contribution in [0.4, 0.5) is 15.8 Å². The Morgan fingerprint density at radius 2 is 1.64 bits per heavy atom. The normalized spacial score (nSPS) is 16.5. The largest absolute Gasteiger partial charge is 0.379 e. The topological polar surface area (TPSA) is 61.9 Å². The number of benzene rings is 2. The Morgan fingerprint density at radius 3 is 2.27 bits per heavy atom. The highest BCUT2D eigenvalue weighted by atomic mass is 19.1. The van der Waals surface area contributed by atoms with E-state index >= 15 is 0 Å². The predicted octanol–water partition coefficient (Wildman–Crippen LogP) is 4.43. The van der Waals surface area contributed by atoms with Crippen LogP contribution in [0.3, 0.4) is 0 Å². The molecule has 2 aliphatic rings. The molecule has 0 radical (unpaired) electrons. The van der Waals surface area contributed by atoms with Crippen molar-refractivity contribution in [2.24, 2.45) is 0 Å². The third-order valence-electron chi connectivity index (χ3n) is 5.89. The summed E-state index contributed by atoms with van der Waals surface area (Å²) in [6, 6.07) is 13.5. The van der Waals surface area contributed by atoms with Gasteiger partial charge in [-0.2, -0.15) is 0 Å². The number of halogens is 1. The van der Waals surface area contributed by atoms with Crippen molar-refractivity contribution in [2.45, 2.75) is 39.2 Å². The van der Waals surface area contributed by atoms with Crippen molar-refractivity contribution < 1.29 is 18.7 Å². The number of imide groups is 1. The molecule has 2 aromatic carbocycles. The highest BCUT2D eigenvalue weighted by molar-refractivity contribution is 6.36. The van der Waals surface area contributed by atoms with Crippen molar-refractivity contribution in [1.29, 1.82) is 0 Å². The van der Waals surface area contributed by atoms with Crippen molar-refractivity contribution in [2.75, 3.05) is 36.5 Å². The highest BCUT2D eigenvalue weighted by Gasteiger charge is 2.38. The van der Waals surface area contributed by atoms with Gasteiger partial charge in [0.05, 0.1) is 11.7 Å². The predicted molar refractivity (Wildman–Crippen MR) is 127 cm³/mol. The SMILES string of the molecule is CC(C)OCCCN1C(=O)C(Nc2ccc(N3CCCC3)cc2)=C(c2ccc(F)cc2)C1=O. The molecule has 0 saturated carbocycles. The summed E-state index contributed by atoms with van der Waals surface area (Å²) in [6.07, 6.45) is 3.03. The molecule has 33 heavy (non-hydrogen) atoms. The molecule has 174 valence electrons. The Hall–Kier alpha value is -3.19. The van der Waals surface area contributed by atoms with Crippen molar-refractivity contribution >= 4 is 28.8 Å². The molecule has 0 unspecified atom stereocenters. The number of anilines is 2. The van der Waals surface area contributed by atoms with E-state index in [2.05, 4.69) is 10.2 Å². The molecule has 2 heterocycles. The van der Waals surface area contributed by atoms with Crippen molar-refractivity contribution in [3.63, 3.8) is 0 Å². The minimum atomic E-state index is -0.397. The zero-order chi connectivity index (χ0) is 23.4. The summed E-state index contributed by atoms with van der Waals surface area (Å²) in [6.45, 7) is 6.70. The maximum absolute atomic E-state index is 13.5. The molecule has 2 aromatic rings. The molecule has 0 aromatic heterocycles. The second-order valence-electron chi connectivity index (χ2n) is 8.66. The van der Waals surface area contributed by atoms with Crippen LogP contribution in [0, 0.1) is 5.82 Å². The van der Waals surface area contributed by atoms with Gasteiger partial charge in [-0.3, -0.25) is 14.5 Å². The molecule has 1 saturated heterocycles. The van der Waals surface area contributed by atoms with E-state index in [1.807, 2.05) is 38.1 Å². The van der Waals surface area contributed by atoms with Crippen LogP contribution in [0.1, 0.15) is 38.7 Å². The van der Waals surface area contributed by atoms with E-state index in [0.717, 1.165) is 24.5 Å². The van der Waals surface area contributed by atoms with Gasteiger partial charge in [-0.1, -0.05) is 12.1 Å². The van der Waals surface area contributed by atoms with Crippen LogP contribution < -0.4 is 10.2 Å². The molecular weight excluding hydrogens is 421 g/mol. The Bertz CT molecular complexity index is 1030. The summed E-state index contributed by atoms with van der Waals surface area (Å²) in [4.78, 5) is 30.0. The van der Waals surface area contributed by atoms with Crippen molar-refractivity contribution in [1.82, 2.24) is 4.90 Å². The van der Waals surface area contributed by atoms with E-state index in [4.69, 9.17) is 4.74 Å². The van der Waals surface area contributed by atoms with Gasteiger partial charge >= 0.3 is 0 Å². The van der Waals surface area contributed by atoms with Gasteiger partial charge in [0, 0.05) is 37.6 Å². The lowest BCUT2D eigenvalue weighted by atomic mass is 10.0. The third kappa shape index (κ3) is 5.25. The molecule has 2 amide bonds. The summed E-state index contributed by atoms with van der Waals surface area (Å²) in [5, 5.41) is 3.16. The van der Waals surface area contributed by atoms with Gasteiger partial charge in [-0.25, -0.2) is 4.39 Å². The Morgan fingerprint density at radius 1 is 0.970 bits per heavy atom. The number of amides is 2. The summed E-state index contributed by atoms with van der Waals surface area (Å²) < 4.78 is 19.0. The number of rotatable bonds is 9. The Balaban J connectivity index is 1.57. The monoisotopic (exact) mass is 451 g/mol. The molecule has 0 bridgehead atoms. The number of nitrogens with one attached hydrogen (secondary N) is 1. The minimum absolute atomic E-state index is 0.0867. The fourth-order valence-corrected chi connectivity index (χ4v) is 4.20. The number of ether oxygens (including phenoxy) is 1. The van der Waals surface area contributed by atoms with Crippen LogP contribution in [-0.2, 0) is 14.3 Å². The number of carbonyl (C=O) groups is 2. The van der Waals surface area contributed by atoms with Gasteiger partial charge in [0.1, 0.15) is 11.5 Å². The zero-order valence-electron chi connectivity index (χ0n) is 19.1. The summed E-state index contributed by atoms with van der Waals surface area (Å²) in [5.41, 5.74) is 2.84. The van der Waals surface area contributed by atoms with Gasteiger partial charge < -0.3 is 15.0 Å². The van der Waals surface area contributed by atoms with Crippen LogP contribution in [-0.4, -0.2) is 49.1 Å². The number of nitrogens with zero attached hydrogens (tertiary/aromatic N) is 2. The van der Waals surface area contributed by atoms with Crippen LogP contribution >= 0.6 is 0 Å². The van der Waals surface area contributed by atoms with Crippen LogP contribution in [0.5, 0.6) is 0 Å². The van der Waals surface area contributed by atoms with E-state index in [1.165, 1.54) is 42.0 Å². The number of carbonyl (C=O) groups excluding carboxylic acids is 2. The fourth-order valence-electron chi connectivity index (χ4n) is 4.20. The molecule has 0 atom stereocenters. The van der Waals surface area contributed by atoms with E-state index in [-0.39, 0.29) is 35.7 Å². The average Bonchev–Trinajstić information content (AvgIpc) is 3.41. The van der Waals surface area contributed by atoms with Crippen molar-refractivity contribution in [3.05, 3.63) is 65.6 Å². The molecule has 0 spiro atoms. The maximum Gasteiger partial charge on any atom is 0.278 e. The molecule has 7 heteroatoms. The van der Waals surface area contributed by atoms with E-state index in [0.29, 0.717) is 18.6 Å². The zero-order valence-corrected chi connectivity index (χ0v) is 19.1. The first-order valence-corrected chi connectivity index (χ1v) is 11.5. The fraction of sp³-hybridized carbons (Fsp3) is 0.385. The van der Waals surface area contributed by atoms with E-state index in [1.54, 1.807) is 0 Å². The lowest BCUT2D eigenvalue weighted by molar-refractivity contribution is -0.137. The molecule has 6 nitrogen and oxygen atoms in total. The first-order valence-electron chi connectivity index (χ1n) is 11.5. The number of hydrogen-bond donors (Lipinski definition) is 1. The Kier molecular flexibility index (Phi) is 7.08. The maximum atomic E-state index is 13.5. The smallest absolute Gasteiger partial charge is 0.278 e. The second-order valence-corrected chi connectivity index (χ2v) is 8.66. The summed E-state index contributed by atoms with van der Waals surface area (Å²) in [7, 11) is 0. The first-order chi connectivity index (χ1) is 15.9. The van der Waals surface area contributed by atoms with E-state index in [9.17, 15) is 14.0 Å². The molecular formula is C26H30FN3O3. The molecule has 1 N–H and O–H groups in total. The molecule has 1 fully saturated rings. The summed E-state index contributed by atoms with van der Waals surface area (Å²) in [5.74, 6) is -1.16. The lowest BCUT2D eigenvalue weighted by Crippen LogP contribution is -2.34. The number of hydrogen-bond acceptors (Lipinski definition) is 5. The van der Waals surface area contributed by atoms with Crippen molar-refractivity contribution in [3.8, 4) is 0 Å². The van der Waals surface area contributed by atoms with Gasteiger partial charge in [0.25, 0.3) is 11.8 Å². The second kappa shape index (κ2) is 10.2. The van der Waals surface area contributed by atoms with Crippen LogP contribution in [0.25, 0.3) is 5.57 Å². The van der Waals surface area contributed by atoms with Crippen LogP contribution in [0.15, 0.2) is 54.2 Å². The summed E-state index contributed by atoms with van der Waals surface area (Å²) >= 11 is 0.